The zero-order chi connectivity index (χ0) is 19.2. The SMILES string of the molecule is CNS(=O)(=O)c1ccc(C(=O)OCC(=O)N(C)Cc2ccccc2)cc1. The molecule has 2 aromatic rings. The third-order valence-electron chi connectivity index (χ3n) is 3.68. The summed E-state index contributed by atoms with van der Waals surface area (Å²) >= 11 is 0. The number of carbonyl (C=O) groups excluding carboxylic acids is 2. The zero-order valence-electron chi connectivity index (χ0n) is 14.5. The average Bonchev–Trinajstić information content (AvgIpc) is 2.66. The highest BCUT2D eigenvalue weighted by atomic mass is 32.2. The number of hydrogen-bond acceptors (Lipinski definition) is 5. The van der Waals surface area contributed by atoms with E-state index in [-0.39, 0.29) is 16.4 Å². The summed E-state index contributed by atoms with van der Waals surface area (Å²) in [6.45, 7) is 0.0204. The van der Waals surface area contributed by atoms with Crippen molar-refractivity contribution in [2.45, 2.75) is 11.4 Å². The van der Waals surface area contributed by atoms with Crippen LogP contribution in [0, 0.1) is 0 Å². The fraction of sp³-hybridized carbons (Fsp3) is 0.222. The maximum atomic E-state index is 12.1. The van der Waals surface area contributed by atoms with Crippen LogP contribution in [0.4, 0.5) is 0 Å². The second-order valence-corrected chi connectivity index (χ2v) is 7.43. The molecule has 8 heteroatoms. The van der Waals surface area contributed by atoms with Gasteiger partial charge in [0.15, 0.2) is 6.61 Å². The Balaban J connectivity index is 1.90. The van der Waals surface area contributed by atoms with E-state index in [1.165, 1.54) is 36.2 Å². The van der Waals surface area contributed by atoms with Crippen LogP contribution in [0.5, 0.6) is 0 Å². The van der Waals surface area contributed by atoms with Gasteiger partial charge in [-0.2, -0.15) is 0 Å². The Morgan fingerprint density at radius 3 is 2.23 bits per heavy atom. The molecule has 0 aliphatic heterocycles. The van der Waals surface area contributed by atoms with Crippen LogP contribution in [0.15, 0.2) is 59.5 Å². The molecule has 0 heterocycles. The van der Waals surface area contributed by atoms with E-state index in [1.807, 2.05) is 30.3 Å². The van der Waals surface area contributed by atoms with Crippen molar-refractivity contribution in [3.05, 3.63) is 65.7 Å². The highest BCUT2D eigenvalue weighted by molar-refractivity contribution is 7.89. The van der Waals surface area contributed by atoms with Crippen molar-refractivity contribution in [3.8, 4) is 0 Å². The van der Waals surface area contributed by atoms with Crippen molar-refractivity contribution in [1.82, 2.24) is 9.62 Å². The minimum atomic E-state index is -3.57. The number of benzene rings is 2. The van der Waals surface area contributed by atoms with Gasteiger partial charge in [0.25, 0.3) is 5.91 Å². The van der Waals surface area contributed by atoms with E-state index in [2.05, 4.69) is 4.72 Å². The van der Waals surface area contributed by atoms with Crippen LogP contribution in [0.1, 0.15) is 15.9 Å². The molecule has 1 N–H and O–H groups in total. The minimum Gasteiger partial charge on any atom is -0.452 e. The number of rotatable bonds is 7. The Morgan fingerprint density at radius 1 is 1.04 bits per heavy atom. The van der Waals surface area contributed by atoms with Crippen LogP contribution in [0.3, 0.4) is 0 Å². The van der Waals surface area contributed by atoms with Crippen molar-refractivity contribution >= 4 is 21.9 Å². The maximum Gasteiger partial charge on any atom is 0.338 e. The first kappa shape index (κ1) is 19.6. The van der Waals surface area contributed by atoms with Gasteiger partial charge in [-0.25, -0.2) is 17.9 Å². The maximum absolute atomic E-state index is 12.1. The monoisotopic (exact) mass is 376 g/mol. The highest BCUT2D eigenvalue weighted by Crippen LogP contribution is 2.11. The molecule has 2 rings (SSSR count). The average molecular weight is 376 g/mol. The van der Waals surface area contributed by atoms with Crippen LogP contribution in [0.2, 0.25) is 0 Å². The standard InChI is InChI=1S/C18H20N2O5S/c1-19-26(23,24)16-10-8-15(9-11-16)18(22)25-13-17(21)20(2)12-14-6-4-3-5-7-14/h3-11,19H,12-13H2,1-2H3. The van der Waals surface area contributed by atoms with Crippen molar-refractivity contribution < 1.29 is 22.7 Å². The van der Waals surface area contributed by atoms with E-state index in [4.69, 9.17) is 4.74 Å². The van der Waals surface area contributed by atoms with E-state index in [0.29, 0.717) is 6.54 Å². The second-order valence-electron chi connectivity index (χ2n) is 5.54. The van der Waals surface area contributed by atoms with Gasteiger partial charge in [0.2, 0.25) is 10.0 Å². The lowest BCUT2D eigenvalue weighted by molar-refractivity contribution is -0.133. The quantitative estimate of drug-likeness (QED) is 0.738. The molecule has 26 heavy (non-hydrogen) atoms. The normalized spacial score (nSPS) is 11.0. The molecular weight excluding hydrogens is 356 g/mol. The molecular formula is C18H20N2O5S. The van der Waals surface area contributed by atoms with Crippen LogP contribution < -0.4 is 4.72 Å². The lowest BCUT2D eigenvalue weighted by Crippen LogP contribution is -2.30. The number of nitrogens with zero attached hydrogens (tertiary/aromatic N) is 1. The Hall–Kier alpha value is -2.71. The molecule has 7 nitrogen and oxygen atoms in total. The van der Waals surface area contributed by atoms with Gasteiger partial charge in [0, 0.05) is 13.6 Å². The topological polar surface area (TPSA) is 92.8 Å². The van der Waals surface area contributed by atoms with Gasteiger partial charge in [-0.15, -0.1) is 0 Å². The largest absolute Gasteiger partial charge is 0.452 e. The van der Waals surface area contributed by atoms with Gasteiger partial charge in [-0.3, -0.25) is 4.79 Å². The third-order valence-corrected chi connectivity index (χ3v) is 5.11. The van der Waals surface area contributed by atoms with Crippen LogP contribution in [0.25, 0.3) is 0 Å². The van der Waals surface area contributed by atoms with Gasteiger partial charge >= 0.3 is 5.97 Å². The molecule has 0 spiro atoms. The summed E-state index contributed by atoms with van der Waals surface area (Å²) < 4.78 is 30.5. The summed E-state index contributed by atoms with van der Waals surface area (Å²) in [6.07, 6.45) is 0. The van der Waals surface area contributed by atoms with Crippen molar-refractivity contribution in [2.24, 2.45) is 0 Å². The molecule has 138 valence electrons. The van der Waals surface area contributed by atoms with E-state index < -0.39 is 22.6 Å². The van der Waals surface area contributed by atoms with Crippen LogP contribution in [-0.2, 0) is 26.1 Å². The number of nitrogens with one attached hydrogen (secondary N) is 1. The first-order valence-electron chi connectivity index (χ1n) is 7.82. The van der Waals surface area contributed by atoms with Gasteiger partial charge in [-0.1, -0.05) is 30.3 Å². The van der Waals surface area contributed by atoms with E-state index >= 15 is 0 Å². The first-order valence-corrected chi connectivity index (χ1v) is 9.30. The van der Waals surface area contributed by atoms with Crippen molar-refractivity contribution in [1.29, 1.82) is 0 Å². The Morgan fingerprint density at radius 2 is 1.65 bits per heavy atom. The predicted molar refractivity (Wildman–Crippen MR) is 95.9 cm³/mol. The number of sulfonamides is 1. The van der Waals surface area contributed by atoms with Gasteiger partial charge < -0.3 is 9.64 Å². The molecule has 0 saturated heterocycles. The molecule has 0 aliphatic carbocycles. The molecule has 0 bridgehead atoms. The van der Waals surface area contributed by atoms with E-state index in [9.17, 15) is 18.0 Å². The number of ether oxygens (including phenoxy) is 1. The molecule has 0 aliphatic rings. The van der Waals surface area contributed by atoms with Crippen LogP contribution in [-0.4, -0.2) is 45.9 Å². The molecule has 2 aromatic carbocycles. The van der Waals surface area contributed by atoms with Crippen molar-refractivity contribution in [3.63, 3.8) is 0 Å². The second kappa shape index (κ2) is 8.59. The fourth-order valence-electron chi connectivity index (χ4n) is 2.15. The molecule has 0 fully saturated rings. The summed E-state index contributed by atoms with van der Waals surface area (Å²) in [6, 6.07) is 14.7. The fourth-order valence-corrected chi connectivity index (χ4v) is 2.88. The summed E-state index contributed by atoms with van der Waals surface area (Å²) in [5, 5.41) is 0. The minimum absolute atomic E-state index is 0.0372. The molecule has 0 radical (unpaired) electrons. The molecule has 0 atom stereocenters. The number of likely N-dealkylation sites (N-methyl/N-ethyl adjacent to an activating group) is 1. The Kier molecular flexibility index (Phi) is 6.48. The Bertz CT molecular complexity index is 864. The summed E-state index contributed by atoms with van der Waals surface area (Å²) in [7, 11) is -0.644. The summed E-state index contributed by atoms with van der Waals surface area (Å²) in [5.74, 6) is -1.03. The van der Waals surface area contributed by atoms with E-state index in [0.717, 1.165) is 5.56 Å². The van der Waals surface area contributed by atoms with Gasteiger partial charge in [0.05, 0.1) is 10.5 Å². The molecule has 0 unspecified atom stereocenters. The summed E-state index contributed by atoms with van der Waals surface area (Å²) in [4.78, 5) is 25.6. The zero-order valence-corrected chi connectivity index (χ0v) is 15.3. The first-order chi connectivity index (χ1) is 12.3. The molecule has 0 aromatic heterocycles. The van der Waals surface area contributed by atoms with Gasteiger partial charge in [0.1, 0.15) is 0 Å². The lowest BCUT2D eigenvalue weighted by atomic mass is 10.2. The van der Waals surface area contributed by atoms with E-state index in [1.54, 1.807) is 7.05 Å². The lowest BCUT2D eigenvalue weighted by Gasteiger charge is -2.17. The number of esters is 1. The predicted octanol–water partition coefficient (Wildman–Crippen LogP) is 1.41. The number of amides is 1. The van der Waals surface area contributed by atoms with Gasteiger partial charge in [-0.05, 0) is 36.9 Å². The van der Waals surface area contributed by atoms with Crippen LogP contribution >= 0.6 is 0 Å². The molecule has 1 amide bonds. The summed E-state index contributed by atoms with van der Waals surface area (Å²) in [5.41, 5.74) is 1.13. The molecule has 0 saturated carbocycles. The number of hydrogen-bond donors (Lipinski definition) is 1. The van der Waals surface area contributed by atoms with Crippen molar-refractivity contribution in [2.75, 3.05) is 20.7 Å². The third kappa shape index (κ3) is 5.14. The number of carbonyl (C=O) groups is 2. The smallest absolute Gasteiger partial charge is 0.338 e. The Labute approximate surface area is 152 Å². The highest BCUT2D eigenvalue weighted by Gasteiger charge is 2.16.